The van der Waals surface area contributed by atoms with Crippen LogP contribution in [0.25, 0.3) is 0 Å². The number of amides is 1. The van der Waals surface area contributed by atoms with E-state index in [0.29, 0.717) is 5.92 Å². The molecule has 3 unspecified atom stereocenters. The van der Waals surface area contributed by atoms with Crippen molar-refractivity contribution in [1.82, 2.24) is 15.5 Å². The van der Waals surface area contributed by atoms with Crippen LogP contribution in [0.15, 0.2) is 30.3 Å². The molecule has 22 heavy (non-hydrogen) atoms. The van der Waals surface area contributed by atoms with Crippen LogP contribution in [0.3, 0.4) is 0 Å². The SMILES string of the molecule is CC1CNCCC1NC(=O)C(c1ccccc1)N(C)C.Cl.Cl. The van der Waals surface area contributed by atoms with Crippen LogP contribution in [0.4, 0.5) is 0 Å². The van der Waals surface area contributed by atoms with E-state index in [2.05, 4.69) is 17.6 Å². The molecule has 2 rings (SSSR count). The second-order valence-electron chi connectivity index (χ2n) is 5.86. The molecule has 0 radical (unpaired) electrons. The Kier molecular flexibility index (Phi) is 9.69. The highest BCUT2D eigenvalue weighted by atomic mass is 35.5. The lowest BCUT2D eigenvalue weighted by atomic mass is 9.94. The highest BCUT2D eigenvalue weighted by Crippen LogP contribution is 2.19. The zero-order chi connectivity index (χ0) is 14.5. The van der Waals surface area contributed by atoms with Gasteiger partial charge in [0.1, 0.15) is 6.04 Å². The van der Waals surface area contributed by atoms with Gasteiger partial charge in [-0.05, 0) is 45.1 Å². The van der Waals surface area contributed by atoms with E-state index in [1.165, 1.54) is 0 Å². The van der Waals surface area contributed by atoms with E-state index in [9.17, 15) is 4.79 Å². The second kappa shape index (κ2) is 10.1. The van der Waals surface area contributed by atoms with Crippen molar-refractivity contribution in [2.45, 2.75) is 25.4 Å². The third-order valence-electron chi connectivity index (χ3n) is 3.99. The molecule has 1 heterocycles. The lowest BCUT2D eigenvalue weighted by Gasteiger charge is -2.33. The topological polar surface area (TPSA) is 44.4 Å². The summed E-state index contributed by atoms with van der Waals surface area (Å²) in [5, 5.41) is 6.59. The molecule has 1 amide bonds. The summed E-state index contributed by atoms with van der Waals surface area (Å²) in [6.07, 6.45) is 1.00. The summed E-state index contributed by atoms with van der Waals surface area (Å²) in [5.74, 6) is 0.575. The molecule has 1 fully saturated rings. The van der Waals surface area contributed by atoms with Gasteiger partial charge >= 0.3 is 0 Å². The van der Waals surface area contributed by atoms with Crippen molar-refractivity contribution in [3.05, 3.63) is 35.9 Å². The number of hydrogen-bond acceptors (Lipinski definition) is 3. The molecule has 1 aromatic carbocycles. The van der Waals surface area contributed by atoms with E-state index in [4.69, 9.17) is 0 Å². The Balaban J connectivity index is 0.00000220. The number of benzene rings is 1. The van der Waals surface area contributed by atoms with Crippen molar-refractivity contribution < 1.29 is 4.79 Å². The molecule has 1 saturated heterocycles. The van der Waals surface area contributed by atoms with Gasteiger partial charge in [-0.3, -0.25) is 9.69 Å². The number of piperidine rings is 1. The van der Waals surface area contributed by atoms with E-state index in [0.717, 1.165) is 25.1 Å². The number of likely N-dealkylation sites (N-methyl/N-ethyl adjacent to an activating group) is 1. The Bertz CT molecular complexity index is 442. The first-order chi connectivity index (χ1) is 9.59. The maximum atomic E-state index is 12.6. The molecule has 0 aromatic heterocycles. The molecule has 6 heteroatoms. The summed E-state index contributed by atoms with van der Waals surface area (Å²) >= 11 is 0. The first kappa shape index (κ1) is 21.2. The molecule has 3 atom stereocenters. The number of halogens is 2. The van der Waals surface area contributed by atoms with Gasteiger partial charge in [0.15, 0.2) is 0 Å². The van der Waals surface area contributed by atoms with Gasteiger partial charge in [0.25, 0.3) is 0 Å². The molecule has 4 nitrogen and oxygen atoms in total. The maximum absolute atomic E-state index is 12.6. The van der Waals surface area contributed by atoms with Gasteiger partial charge in [0, 0.05) is 6.04 Å². The summed E-state index contributed by atoms with van der Waals surface area (Å²) in [7, 11) is 3.90. The van der Waals surface area contributed by atoms with Crippen molar-refractivity contribution in [3.63, 3.8) is 0 Å². The first-order valence-electron chi connectivity index (χ1n) is 7.32. The highest BCUT2D eigenvalue weighted by Gasteiger charge is 2.28. The van der Waals surface area contributed by atoms with E-state index in [1.54, 1.807) is 0 Å². The number of carbonyl (C=O) groups is 1. The Hall–Kier alpha value is -0.810. The van der Waals surface area contributed by atoms with Crippen LogP contribution >= 0.6 is 24.8 Å². The lowest BCUT2D eigenvalue weighted by molar-refractivity contribution is -0.127. The fourth-order valence-electron chi connectivity index (χ4n) is 2.81. The average molecular weight is 348 g/mol. The Morgan fingerprint density at radius 1 is 1.27 bits per heavy atom. The fourth-order valence-corrected chi connectivity index (χ4v) is 2.81. The van der Waals surface area contributed by atoms with Gasteiger partial charge in [0.05, 0.1) is 0 Å². The van der Waals surface area contributed by atoms with Crippen LogP contribution in [0.2, 0.25) is 0 Å². The number of carbonyl (C=O) groups excluding carboxylic acids is 1. The number of nitrogens with zero attached hydrogens (tertiary/aromatic N) is 1. The van der Waals surface area contributed by atoms with Gasteiger partial charge in [-0.25, -0.2) is 0 Å². The zero-order valence-corrected chi connectivity index (χ0v) is 15.0. The van der Waals surface area contributed by atoms with Gasteiger partial charge in [0.2, 0.25) is 5.91 Å². The first-order valence-corrected chi connectivity index (χ1v) is 7.32. The molecular formula is C16H27Cl2N3O. The molecule has 0 aliphatic carbocycles. The summed E-state index contributed by atoms with van der Waals surface area (Å²) in [6, 6.07) is 10.0. The van der Waals surface area contributed by atoms with Crippen LogP contribution < -0.4 is 10.6 Å². The Morgan fingerprint density at radius 2 is 1.91 bits per heavy atom. The molecular weight excluding hydrogens is 321 g/mol. The number of nitrogens with one attached hydrogen (secondary N) is 2. The predicted molar refractivity (Wildman–Crippen MR) is 95.9 cm³/mol. The molecule has 0 spiro atoms. The molecule has 0 saturated carbocycles. The molecule has 2 N–H and O–H groups in total. The van der Waals surface area contributed by atoms with Crippen LogP contribution in [0.1, 0.15) is 24.9 Å². The van der Waals surface area contributed by atoms with Crippen LogP contribution in [0, 0.1) is 5.92 Å². The second-order valence-corrected chi connectivity index (χ2v) is 5.86. The summed E-state index contributed by atoms with van der Waals surface area (Å²) in [5.41, 5.74) is 1.04. The smallest absolute Gasteiger partial charge is 0.242 e. The molecule has 0 bridgehead atoms. The minimum Gasteiger partial charge on any atom is -0.351 e. The third kappa shape index (κ3) is 5.43. The maximum Gasteiger partial charge on any atom is 0.242 e. The monoisotopic (exact) mass is 347 g/mol. The van der Waals surface area contributed by atoms with Crippen molar-refractivity contribution >= 4 is 30.7 Å². The van der Waals surface area contributed by atoms with E-state index < -0.39 is 0 Å². The van der Waals surface area contributed by atoms with Gasteiger partial charge < -0.3 is 10.6 Å². The standard InChI is InChI=1S/C16H25N3O.2ClH/c1-12-11-17-10-9-14(12)18-16(20)15(19(2)3)13-7-5-4-6-8-13;;/h4-8,12,14-15,17H,9-11H2,1-3H3,(H,18,20);2*1H. The minimum atomic E-state index is -0.224. The Labute approximate surface area is 145 Å². The molecule has 1 aliphatic heterocycles. The van der Waals surface area contributed by atoms with Crippen molar-refractivity contribution in [1.29, 1.82) is 0 Å². The highest BCUT2D eigenvalue weighted by molar-refractivity contribution is 5.85. The predicted octanol–water partition coefficient (Wildman–Crippen LogP) is 2.25. The van der Waals surface area contributed by atoms with Gasteiger partial charge in [-0.15, -0.1) is 24.8 Å². The lowest BCUT2D eigenvalue weighted by Crippen LogP contribution is -2.50. The van der Waals surface area contributed by atoms with E-state index >= 15 is 0 Å². The van der Waals surface area contributed by atoms with Gasteiger partial charge in [-0.2, -0.15) is 0 Å². The normalized spacial score (nSPS) is 22.2. The fraction of sp³-hybridized carbons (Fsp3) is 0.562. The number of hydrogen-bond donors (Lipinski definition) is 2. The third-order valence-corrected chi connectivity index (χ3v) is 3.99. The van der Waals surface area contributed by atoms with Crippen molar-refractivity contribution in [2.24, 2.45) is 5.92 Å². The van der Waals surface area contributed by atoms with E-state index in [-0.39, 0.29) is 42.8 Å². The number of rotatable bonds is 4. The summed E-state index contributed by atoms with van der Waals surface area (Å²) < 4.78 is 0. The van der Waals surface area contributed by atoms with Gasteiger partial charge in [-0.1, -0.05) is 37.3 Å². The quantitative estimate of drug-likeness (QED) is 0.877. The van der Waals surface area contributed by atoms with Crippen LogP contribution in [0.5, 0.6) is 0 Å². The zero-order valence-electron chi connectivity index (χ0n) is 13.4. The van der Waals surface area contributed by atoms with Crippen LogP contribution in [-0.4, -0.2) is 44.0 Å². The summed E-state index contributed by atoms with van der Waals surface area (Å²) in [6.45, 7) is 4.14. The van der Waals surface area contributed by atoms with Crippen molar-refractivity contribution in [3.8, 4) is 0 Å². The van der Waals surface area contributed by atoms with Crippen molar-refractivity contribution in [2.75, 3.05) is 27.2 Å². The summed E-state index contributed by atoms with van der Waals surface area (Å²) in [4.78, 5) is 14.6. The average Bonchev–Trinajstić information content (AvgIpc) is 2.42. The minimum absolute atomic E-state index is 0. The molecule has 126 valence electrons. The van der Waals surface area contributed by atoms with E-state index in [1.807, 2.05) is 49.3 Å². The largest absolute Gasteiger partial charge is 0.351 e. The Morgan fingerprint density at radius 3 is 2.45 bits per heavy atom. The van der Waals surface area contributed by atoms with Crippen LogP contribution in [-0.2, 0) is 4.79 Å². The molecule has 1 aromatic rings. The molecule has 1 aliphatic rings.